The number of fused-ring (bicyclic) bond motifs is 1. The third-order valence-corrected chi connectivity index (χ3v) is 3.34. The van der Waals surface area contributed by atoms with Crippen LogP contribution in [0.1, 0.15) is 19.3 Å². The van der Waals surface area contributed by atoms with E-state index in [0.717, 1.165) is 19.5 Å². The molecule has 2 amide bonds. The van der Waals surface area contributed by atoms with E-state index in [1.165, 1.54) is 12.8 Å². The average molecular weight is 211 g/mol. The molecule has 1 unspecified atom stereocenters. The zero-order valence-electron chi connectivity index (χ0n) is 8.82. The molecule has 5 heteroatoms. The molecule has 0 aromatic carbocycles. The Balaban J connectivity index is 1.96. The molecule has 0 aromatic rings. The highest BCUT2D eigenvalue weighted by Crippen LogP contribution is 2.20. The van der Waals surface area contributed by atoms with E-state index < -0.39 is 11.8 Å². The lowest BCUT2D eigenvalue weighted by molar-refractivity contribution is -0.146. The third kappa shape index (κ3) is 2.12. The Morgan fingerprint density at radius 1 is 1.13 bits per heavy atom. The Hall–Kier alpha value is -1.10. The second kappa shape index (κ2) is 4.18. The molecule has 2 heterocycles. The third-order valence-electron chi connectivity index (χ3n) is 3.34. The normalized spacial score (nSPS) is 27.2. The van der Waals surface area contributed by atoms with Crippen molar-refractivity contribution in [2.75, 3.05) is 26.2 Å². The topological polar surface area (TPSA) is 66.6 Å². The number of carbonyl (C=O) groups excluding carboxylic acids is 2. The summed E-state index contributed by atoms with van der Waals surface area (Å²) in [6, 6.07) is 0.441. The second-order valence-electron chi connectivity index (χ2n) is 4.30. The van der Waals surface area contributed by atoms with Crippen molar-refractivity contribution in [3.05, 3.63) is 0 Å². The highest BCUT2D eigenvalue weighted by atomic mass is 16.2. The van der Waals surface area contributed by atoms with Gasteiger partial charge in [0.1, 0.15) is 0 Å². The molecule has 2 N–H and O–H groups in total. The van der Waals surface area contributed by atoms with Gasteiger partial charge in [0.25, 0.3) is 0 Å². The molecule has 0 saturated carbocycles. The van der Waals surface area contributed by atoms with Gasteiger partial charge in [-0.2, -0.15) is 0 Å². The van der Waals surface area contributed by atoms with Crippen molar-refractivity contribution in [1.29, 1.82) is 0 Å². The van der Waals surface area contributed by atoms with Crippen molar-refractivity contribution < 1.29 is 9.59 Å². The summed E-state index contributed by atoms with van der Waals surface area (Å²) in [5.74, 6) is -1.36. The zero-order chi connectivity index (χ0) is 10.8. The predicted octanol–water partition coefficient (Wildman–Crippen LogP) is -0.832. The smallest absolute Gasteiger partial charge is 0.311 e. The minimum Gasteiger partial charge on any atom is -0.361 e. The SMILES string of the molecule is NC(=O)C(=O)N1CCN2CCCCC2C1. The van der Waals surface area contributed by atoms with Crippen molar-refractivity contribution in [2.45, 2.75) is 25.3 Å². The summed E-state index contributed by atoms with van der Waals surface area (Å²) in [6.07, 6.45) is 3.60. The molecule has 84 valence electrons. The molecule has 15 heavy (non-hydrogen) atoms. The molecule has 2 rings (SSSR count). The molecule has 0 bridgehead atoms. The van der Waals surface area contributed by atoms with Crippen molar-refractivity contribution in [3.8, 4) is 0 Å². The highest BCUT2D eigenvalue weighted by Gasteiger charge is 2.32. The monoisotopic (exact) mass is 211 g/mol. The summed E-state index contributed by atoms with van der Waals surface area (Å²) < 4.78 is 0. The first-order valence-electron chi connectivity index (χ1n) is 5.51. The molecular formula is C10H17N3O2. The van der Waals surface area contributed by atoms with Crippen LogP contribution in [-0.2, 0) is 9.59 Å². The predicted molar refractivity (Wildman–Crippen MR) is 55.0 cm³/mol. The van der Waals surface area contributed by atoms with Gasteiger partial charge in [-0.15, -0.1) is 0 Å². The number of amides is 2. The van der Waals surface area contributed by atoms with E-state index in [0.29, 0.717) is 19.1 Å². The minimum absolute atomic E-state index is 0.441. The van der Waals surface area contributed by atoms with E-state index in [1.54, 1.807) is 4.90 Å². The first-order valence-corrected chi connectivity index (χ1v) is 5.51. The van der Waals surface area contributed by atoms with E-state index in [-0.39, 0.29) is 0 Å². The molecule has 2 saturated heterocycles. The summed E-state index contributed by atoms with van der Waals surface area (Å²) >= 11 is 0. The molecular weight excluding hydrogens is 194 g/mol. The molecule has 2 fully saturated rings. The Morgan fingerprint density at radius 3 is 2.67 bits per heavy atom. The number of piperazine rings is 1. The Morgan fingerprint density at radius 2 is 1.93 bits per heavy atom. The van der Waals surface area contributed by atoms with Gasteiger partial charge in [-0.3, -0.25) is 14.5 Å². The van der Waals surface area contributed by atoms with Crippen LogP contribution >= 0.6 is 0 Å². The Labute approximate surface area is 89.2 Å². The van der Waals surface area contributed by atoms with Gasteiger partial charge < -0.3 is 10.6 Å². The fraction of sp³-hybridized carbons (Fsp3) is 0.800. The number of nitrogens with zero attached hydrogens (tertiary/aromatic N) is 2. The molecule has 0 aliphatic carbocycles. The molecule has 0 spiro atoms. The van der Waals surface area contributed by atoms with Crippen LogP contribution in [0.2, 0.25) is 0 Å². The van der Waals surface area contributed by atoms with Gasteiger partial charge in [-0.1, -0.05) is 6.42 Å². The largest absolute Gasteiger partial charge is 0.361 e. The van der Waals surface area contributed by atoms with Crippen molar-refractivity contribution in [3.63, 3.8) is 0 Å². The fourth-order valence-electron chi connectivity index (χ4n) is 2.50. The molecule has 2 aliphatic rings. The average Bonchev–Trinajstić information content (AvgIpc) is 2.27. The summed E-state index contributed by atoms with van der Waals surface area (Å²) in [4.78, 5) is 26.2. The number of hydrogen-bond acceptors (Lipinski definition) is 3. The van der Waals surface area contributed by atoms with Crippen molar-refractivity contribution in [2.24, 2.45) is 5.73 Å². The molecule has 1 atom stereocenters. The molecule has 2 aliphatic heterocycles. The van der Waals surface area contributed by atoms with Crippen LogP contribution in [0, 0.1) is 0 Å². The highest BCUT2D eigenvalue weighted by molar-refractivity contribution is 6.34. The lowest BCUT2D eigenvalue weighted by Crippen LogP contribution is -2.57. The first kappa shape index (κ1) is 10.4. The van der Waals surface area contributed by atoms with Gasteiger partial charge in [0.2, 0.25) is 0 Å². The standard InChI is InChI=1S/C10H17N3O2/c11-9(14)10(15)13-6-5-12-4-2-1-3-8(12)7-13/h8H,1-7H2,(H2,11,14). The summed E-state index contributed by atoms with van der Waals surface area (Å²) in [6.45, 7) is 3.31. The van der Waals surface area contributed by atoms with E-state index in [2.05, 4.69) is 4.90 Å². The number of carbonyl (C=O) groups is 2. The number of hydrogen-bond donors (Lipinski definition) is 1. The van der Waals surface area contributed by atoms with E-state index >= 15 is 0 Å². The second-order valence-corrected chi connectivity index (χ2v) is 4.30. The van der Waals surface area contributed by atoms with Crippen LogP contribution in [0.5, 0.6) is 0 Å². The maximum Gasteiger partial charge on any atom is 0.311 e. The summed E-state index contributed by atoms with van der Waals surface area (Å²) in [5, 5.41) is 0. The van der Waals surface area contributed by atoms with Gasteiger partial charge >= 0.3 is 11.8 Å². The van der Waals surface area contributed by atoms with Gasteiger partial charge in [-0.25, -0.2) is 0 Å². The molecule has 5 nitrogen and oxygen atoms in total. The van der Waals surface area contributed by atoms with Crippen LogP contribution in [-0.4, -0.2) is 53.8 Å². The van der Waals surface area contributed by atoms with Gasteiger partial charge in [0.15, 0.2) is 0 Å². The van der Waals surface area contributed by atoms with E-state index in [9.17, 15) is 9.59 Å². The van der Waals surface area contributed by atoms with Gasteiger partial charge in [0, 0.05) is 25.7 Å². The van der Waals surface area contributed by atoms with Crippen LogP contribution in [0.4, 0.5) is 0 Å². The first-order chi connectivity index (χ1) is 7.18. The fourth-order valence-corrected chi connectivity index (χ4v) is 2.50. The number of rotatable bonds is 0. The van der Waals surface area contributed by atoms with Crippen molar-refractivity contribution >= 4 is 11.8 Å². The maximum absolute atomic E-state index is 11.4. The van der Waals surface area contributed by atoms with Crippen LogP contribution in [0.15, 0.2) is 0 Å². The maximum atomic E-state index is 11.4. The Kier molecular flexibility index (Phi) is 2.90. The molecule has 0 radical (unpaired) electrons. The van der Waals surface area contributed by atoms with E-state index in [1.807, 2.05) is 0 Å². The van der Waals surface area contributed by atoms with Crippen LogP contribution in [0.25, 0.3) is 0 Å². The molecule has 0 aromatic heterocycles. The van der Waals surface area contributed by atoms with Crippen LogP contribution < -0.4 is 5.73 Å². The van der Waals surface area contributed by atoms with Crippen molar-refractivity contribution in [1.82, 2.24) is 9.80 Å². The van der Waals surface area contributed by atoms with E-state index in [4.69, 9.17) is 5.73 Å². The quantitative estimate of drug-likeness (QED) is 0.532. The van der Waals surface area contributed by atoms with Crippen LogP contribution in [0.3, 0.4) is 0 Å². The van der Waals surface area contributed by atoms with Gasteiger partial charge in [0.05, 0.1) is 0 Å². The number of piperidine rings is 1. The minimum atomic E-state index is -0.834. The summed E-state index contributed by atoms with van der Waals surface area (Å²) in [5.41, 5.74) is 4.99. The number of nitrogens with two attached hydrogens (primary N) is 1. The lowest BCUT2D eigenvalue weighted by atomic mass is 9.99. The summed E-state index contributed by atoms with van der Waals surface area (Å²) in [7, 11) is 0. The number of primary amides is 1. The Bertz CT molecular complexity index is 280. The lowest BCUT2D eigenvalue weighted by Gasteiger charge is -2.43. The zero-order valence-corrected chi connectivity index (χ0v) is 8.82. The van der Waals surface area contributed by atoms with Gasteiger partial charge in [-0.05, 0) is 19.4 Å².